The Morgan fingerprint density at radius 2 is 1.83 bits per heavy atom. The molecule has 1 atom stereocenters. The van der Waals surface area contributed by atoms with Gasteiger partial charge in [0.15, 0.2) is 0 Å². The Morgan fingerprint density at radius 1 is 1.17 bits per heavy atom. The molecule has 0 saturated heterocycles. The maximum absolute atomic E-state index is 3.19. The van der Waals surface area contributed by atoms with Crippen LogP contribution >= 0.6 is 0 Å². The third-order valence-electron chi connectivity index (χ3n) is 1.87. The minimum Gasteiger partial charge on any atom is -0.316 e. The van der Waals surface area contributed by atoms with Crippen LogP contribution < -0.4 is 5.32 Å². The van der Waals surface area contributed by atoms with Crippen LogP contribution in [0.1, 0.15) is 40.0 Å². The fourth-order valence-corrected chi connectivity index (χ4v) is 0.777. The van der Waals surface area contributed by atoms with Crippen LogP contribution in [-0.4, -0.2) is 13.1 Å². The molecule has 0 aromatic carbocycles. The van der Waals surface area contributed by atoms with Crippen molar-refractivity contribution in [3.05, 3.63) is 0 Å². The van der Waals surface area contributed by atoms with E-state index < -0.39 is 0 Å². The second kappa shape index (κ2) is 7.18. The summed E-state index contributed by atoms with van der Waals surface area (Å²) in [6.07, 6.45) is 3.24. The Kier molecular flexibility index (Phi) is 6.90. The molecule has 0 heterocycles. The molecule has 0 aromatic heterocycles. The molecule has 12 heavy (non-hydrogen) atoms. The van der Waals surface area contributed by atoms with E-state index in [1.54, 1.807) is 0 Å². The summed E-state index contributed by atoms with van der Waals surface area (Å²) in [7, 11) is 1.97. The molecule has 0 aliphatic carbocycles. The predicted molar refractivity (Wildman–Crippen MR) is 55.0 cm³/mol. The van der Waals surface area contributed by atoms with Crippen LogP contribution in [0, 0.1) is 17.8 Å². The van der Waals surface area contributed by atoms with Crippen molar-refractivity contribution in [1.29, 1.82) is 0 Å². The number of hydrogen-bond donors (Lipinski definition) is 1. The largest absolute Gasteiger partial charge is 0.316 e. The second-order valence-corrected chi connectivity index (χ2v) is 3.68. The maximum Gasteiger partial charge on any atom is 0.0240 e. The second-order valence-electron chi connectivity index (χ2n) is 3.68. The fourth-order valence-electron chi connectivity index (χ4n) is 0.777. The van der Waals surface area contributed by atoms with Crippen molar-refractivity contribution in [2.45, 2.75) is 46.1 Å². The van der Waals surface area contributed by atoms with Crippen molar-refractivity contribution < 1.29 is 0 Å². The molecule has 1 nitrogen and oxygen atoms in total. The van der Waals surface area contributed by atoms with Crippen LogP contribution in [0.5, 0.6) is 0 Å². The Balaban J connectivity index is 3.34. The van der Waals surface area contributed by atoms with Gasteiger partial charge in [-0.05, 0) is 26.3 Å². The third kappa shape index (κ3) is 7.63. The molecule has 0 amide bonds. The van der Waals surface area contributed by atoms with Crippen LogP contribution in [0.3, 0.4) is 0 Å². The van der Waals surface area contributed by atoms with Crippen LogP contribution in [0.2, 0.25) is 0 Å². The summed E-state index contributed by atoms with van der Waals surface area (Å²) in [4.78, 5) is 0. The summed E-state index contributed by atoms with van der Waals surface area (Å²) >= 11 is 0. The van der Waals surface area contributed by atoms with Gasteiger partial charge in [-0.15, -0.1) is 11.8 Å². The van der Waals surface area contributed by atoms with Crippen molar-refractivity contribution in [3.63, 3.8) is 0 Å². The molecule has 0 radical (unpaired) electrons. The van der Waals surface area contributed by atoms with Gasteiger partial charge in [0.25, 0.3) is 0 Å². The first-order valence-corrected chi connectivity index (χ1v) is 4.79. The molecule has 1 heteroatoms. The van der Waals surface area contributed by atoms with Gasteiger partial charge in [0.05, 0.1) is 0 Å². The Morgan fingerprint density at radius 3 is 2.33 bits per heavy atom. The number of hydrogen-bond acceptors (Lipinski definition) is 1. The van der Waals surface area contributed by atoms with Crippen molar-refractivity contribution in [2.75, 3.05) is 7.05 Å². The lowest BCUT2D eigenvalue weighted by Gasteiger charge is -2.03. The summed E-state index contributed by atoms with van der Waals surface area (Å²) < 4.78 is 0. The van der Waals surface area contributed by atoms with E-state index in [-0.39, 0.29) is 0 Å². The average Bonchev–Trinajstić information content (AvgIpc) is 2.03. The quantitative estimate of drug-likeness (QED) is 0.634. The lowest BCUT2D eigenvalue weighted by Crippen LogP contribution is -2.19. The van der Waals surface area contributed by atoms with Crippen LogP contribution in [0.15, 0.2) is 0 Å². The van der Waals surface area contributed by atoms with Gasteiger partial charge in [0, 0.05) is 18.9 Å². The first-order valence-electron chi connectivity index (χ1n) is 4.79. The van der Waals surface area contributed by atoms with Crippen LogP contribution in [-0.2, 0) is 0 Å². The fraction of sp³-hybridized carbons (Fsp3) is 0.818. The summed E-state index contributed by atoms with van der Waals surface area (Å²) in [5.74, 6) is 7.15. The van der Waals surface area contributed by atoms with Gasteiger partial charge in [-0.3, -0.25) is 0 Å². The van der Waals surface area contributed by atoms with Crippen molar-refractivity contribution >= 4 is 0 Å². The van der Waals surface area contributed by atoms with Crippen molar-refractivity contribution in [1.82, 2.24) is 5.32 Å². The predicted octanol–water partition coefficient (Wildman–Crippen LogP) is 2.42. The molecule has 0 aliphatic rings. The summed E-state index contributed by atoms with van der Waals surface area (Å²) in [5, 5.41) is 3.16. The zero-order valence-electron chi connectivity index (χ0n) is 8.78. The molecule has 0 saturated carbocycles. The first-order chi connectivity index (χ1) is 5.66. The van der Waals surface area contributed by atoms with Gasteiger partial charge in [-0.2, -0.15) is 0 Å². The standard InChI is InChI=1S/C11H21N/c1-10(2)8-6-5-7-9-11(3)12-4/h10-12H,6,8-9H2,1-4H3/t11-/m1/s1. The molecule has 0 spiro atoms. The van der Waals surface area contributed by atoms with Crippen LogP contribution in [0.4, 0.5) is 0 Å². The van der Waals surface area contributed by atoms with Gasteiger partial charge in [0.2, 0.25) is 0 Å². The highest BCUT2D eigenvalue weighted by molar-refractivity contribution is 5.00. The lowest BCUT2D eigenvalue weighted by atomic mass is 10.1. The maximum atomic E-state index is 3.19. The highest BCUT2D eigenvalue weighted by atomic mass is 14.8. The molecule has 0 aliphatic heterocycles. The highest BCUT2D eigenvalue weighted by Crippen LogP contribution is 2.01. The van der Waals surface area contributed by atoms with E-state index in [4.69, 9.17) is 0 Å². The highest BCUT2D eigenvalue weighted by Gasteiger charge is 1.92. The van der Waals surface area contributed by atoms with Crippen LogP contribution in [0.25, 0.3) is 0 Å². The SMILES string of the molecule is CN[C@H](C)CC#CCCC(C)C. The van der Waals surface area contributed by atoms with E-state index in [9.17, 15) is 0 Å². The normalized spacial score (nSPS) is 12.4. The third-order valence-corrected chi connectivity index (χ3v) is 1.87. The van der Waals surface area contributed by atoms with Gasteiger partial charge in [0.1, 0.15) is 0 Å². The van der Waals surface area contributed by atoms with Gasteiger partial charge in [-0.25, -0.2) is 0 Å². The van der Waals surface area contributed by atoms with E-state index in [1.807, 2.05) is 7.05 Å². The first kappa shape index (κ1) is 11.5. The lowest BCUT2D eigenvalue weighted by molar-refractivity contribution is 0.598. The Labute approximate surface area is 76.9 Å². The summed E-state index contributed by atoms with van der Waals surface area (Å²) in [6.45, 7) is 6.62. The molecule has 0 aromatic rings. The molecule has 0 bridgehead atoms. The summed E-state index contributed by atoms with van der Waals surface area (Å²) in [6, 6.07) is 0.525. The van der Waals surface area contributed by atoms with E-state index in [0.717, 1.165) is 18.8 Å². The zero-order chi connectivity index (χ0) is 9.40. The average molecular weight is 167 g/mol. The minimum atomic E-state index is 0.525. The molecular weight excluding hydrogens is 146 g/mol. The van der Waals surface area contributed by atoms with Gasteiger partial charge < -0.3 is 5.32 Å². The van der Waals surface area contributed by atoms with Gasteiger partial charge in [-0.1, -0.05) is 13.8 Å². The summed E-state index contributed by atoms with van der Waals surface area (Å²) in [5.41, 5.74) is 0. The monoisotopic (exact) mass is 167 g/mol. The van der Waals surface area contributed by atoms with E-state index >= 15 is 0 Å². The molecule has 70 valence electrons. The van der Waals surface area contributed by atoms with Crippen molar-refractivity contribution in [3.8, 4) is 11.8 Å². The van der Waals surface area contributed by atoms with E-state index in [1.165, 1.54) is 6.42 Å². The van der Waals surface area contributed by atoms with Gasteiger partial charge >= 0.3 is 0 Å². The Bertz CT molecular complexity index is 150. The minimum absolute atomic E-state index is 0.525. The van der Waals surface area contributed by atoms with Crippen molar-refractivity contribution in [2.24, 2.45) is 5.92 Å². The molecule has 0 rings (SSSR count). The number of rotatable bonds is 4. The Hall–Kier alpha value is -0.480. The molecular formula is C11H21N. The topological polar surface area (TPSA) is 12.0 Å². The smallest absolute Gasteiger partial charge is 0.0240 e. The molecule has 0 fully saturated rings. The zero-order valence-corrected chi connectivity index (χ0v) is 8.78. The molecule has 1 N–H and O–H groups in total. The van der Waals surface area contributed by atoms with E-state index in [2.05, 4.69) is 37.9 Å². The molecule has 0 unspecified atom stereocenters. The van der Waals surface area contributed by atoms with E-state index in [0.29, 0.717) is 6.04 Å². The number of nitrogens with one attached hydrogen (secondary N) is 1.